The van der Waals surface area contributed by atoms with Crippen molar-refractivity contribution in [1.82, 2.24) is 10.2 Å². The van der Waals surface area contributed by atoms with Gasteiger partial charge in [-0.1, -0.05) is 31.4 Å². The van der Waals surface area contributed by atoms with Gasteiger partial charge in [-0.25, -0.2) is 5.01 Å². The van der Waals surface area contributed by atoms with Gasteiger partial charge in [-0.05, 0) is 50.3 Å². The highest BCUT2D eigenvalue weighted by Gasteiger charge is 2.33. The first-order valence-electron chi connectivity index (χ1n) is 11.6. The van der Waals surface area contributed by atoms with E-state index in [1.54, 1.807) is 4.90 Å². The molecule has 1 N–H and O–H groups in total. The number of rotatable bonds is 4. The van der Waals surface area contributed by atoms with Crippen molar-refractivity contribution in [2.45, 2.75) is 70.8 Å². The number of piperidine rings is 1. The van der Waals surface area contributed by atoms with Gasteiger partial charge in [0.1, 0.15) is 5.71 Å². The van der Waals surface area contributed by atoms with E-state index >= 15 is 0 Å². The molecule has 1 saturated heterocycles. The number of hydrogen-bond acceptors (Lipinski definition) is 4. The maximum atomic E-state index is 13.2. The van der Waals surface area contributed by atoms with E-state index in [1.807, 2.05) is 31.2 Å². The minimum Gasteiger partial charge on any atom is -0.353 e. The van der Waals surface area contributed by atoms with Crippen LogP contribution in [0.15, 0.2) is 29.4 Å². The SMILES string of the molecule is Cc1cccc(N2N=C(C(=O)N3CCCC(C(=O)NC4CCCCC4)C3)CCC2=O)c1. The average Bonchev–Trinajstić information content (AvgIpc) is 2.79. The molecule has 2 heterocycles. The van der Waals surface area contributed by atoms with E-state index in [4.69, 9.17) is 0 Å². The van der Waals surface area contributed by atoms with Crippen LogP contribution in [0.5, 0.6) is 0 Å². The maximum Gasteiger partial charge on any atom is 0.270 e. The molecule has 7 heteroatoms. The molecule has 1 saturated carbocycles. The summed E-state index contributed by atoms with van der Waals surface area (Å²) in [4.78, 5) is 40.1. The molecular weight excluding hydrogens is 392 g/mol. The molecule has 4 rings (SSSR count). The van der Waals surface area contributed by atoms with Gasteiger partial charge in [0.25, 0.3) is 5.91 Å². The molecule has 7 nitrogen and oxygen atoms in total. The Morgan fingerprint density at radius 3 is 2.65 bits per heavy atom. The second-order valence-corrected chi connectivity index (χ2v) is 9.03. The van der Waals surface area contributed by atoms with Crippen molar-refractivity contribution in [2.24, 2.45) is 11.0 Å². The van der Waals surface area contributed by atoms with E-state index in [-0.39, 0.29) is 36.1 Å². The summed E-state index contributed by atoms with van der Waals surface area (Å²) in [5.74, 6) is -0.351. The number of likely N-dealkylation sites (tertiary alicyclic amines) is 1. The highest BCUT2D eigenvalue weighted by molar-refractivity contribution is 6.40. The van der Waals surface area contributed by atoms with Gasteiger partial charge in [-0.15, -0.1) is 0 Å². The number of benzene rings is 1. The third-order valence-corrected chi connectivity index (χ3v) is 6.56. The summed E-state index contributed by atoms with van der Waals surface area (Å²) < 4.78 is 0. The van der Waals surface area contributed by atoms with Crippen LogP contribution in [0.4, 0.5) is 5.69 Å². The molecule has 1 unspecified atom stereocenters. The summed E-state index contributed by atoms with van der Waals surface area (Å²) >= 11 is 0. The Hall–Kier alpha value is -2.70. The lowest BCUT2D eigenvalue weighted by atomic mass is 9.92. The van der Waals surface area contributed by atoms with Crippen molar-refractivity contribution in [3.8, 4) is 0 Å². The van der Waals surface area contributed by atoms with Crippen molar-refractivity contribution < 1.29 is 14.4 Å². The third-order valence-electron chi connectivity index (χ3n) is 6.56. The summed E-state index contributed by atoms with van der Waals surface area (Å²) in [5.41, 5.74) is 2.11. The summed E-state index contributed by atoms with van der Waals surface area (Å²) in [6.45, 7) is 3.01. The van der Waals surface area contributed by atoms with E-state index in [9.17, 15) is 14.4 Å². The Bertz CT molecular complexity index is 875. The Morgan fingerprint density at radius 2 is 1.87 bits per heavy atom. The first-order valence-corrected chi connectivity index (χ1v) is 11.6. The number of anilines is 1. The van der Waals surface area contributed by atoms with E-state index in [0.29, 0.717) is 30.9 Å². The van der Waals surface area contributed by atoms with Gasteiger partial charge in [0.2, 0.25) is 11.8 Å². The lowest BCUT2D eigenvalue weighted by molar-refractivity contribution is -0.131. The Labute approximate surface area is 183 Å². The fourth-order valence-corrected chi connectivity index (χ4v) is 4.79. The number of carbonyl (C=O) groups is 3. The van der Waals surface area contributed by atoms with Crippen LogP contribution >= 0.6 is 0 Å². The molecule has 1 aliphatic carbocycles. The molecule has 0 bridgehead atoms. The Balaban J connectivity index is 1.42. The first kappa shape index (κ1) is 21.5. The molecule has 1 aromatic carbocycles. The molecule has 0 spiro atoms. The van der Waals surface area contributed by atoms with Crippen LogP contribution in [0.25, 0.3) is 0 Å². The first-order chi connectivity index (χ1) is 15.0. The molecule has 3 amide bonds. The highest BCUT2D eigenvalue weighted by Crippen LogP contribution is 2.24. The topological polar surface area (TPSA) is 82.1 Å². The van der Waals surface area contributed by atoms with Gasteiger partial charge in [0, 0.05) is 32.0 Å². The van der Waals surface area contributed by atoms with Crippen LogP contribution in [0.3, 0.4) is 0 Å². The summed E-state index contributed by atoms with van der Waals surface area (Å²) in [6.07, 6.45) is 7.94. The Morgan fingerprint density at radius 1 is 1.06 bits per heavy atom. The molecule has 31 heavy (non-hydrogen) atoms. The zero-order chi connectivity index (χ0) is 21.8. The molecule has 1 aromatic rings. The van der Waals surface area contributed by atoms with Crippen molar-refractivity contribution in [2.75, 3.05) is 18.1 Å². The minimum absolute atomic E-state index is 0.0755. The van der Waals surface area contributed by atoms with Gasteiger partial charge in [0.05, 0.1) is 11.6 Å². The van der Waals surface area contributed by atoms with Crippen LogP contribution in [0.1, 0.15) is 63.4 Å². The second-order valence-electron chi connectivity index (χ2n) is 9.03. The fourth-order valence-electron chi connectivity index (χ4n) is 4.79. The number of aryl methyl sites for hydroxylation is 1. The second kappa shape index (κ2) is 9.62. The fraction of sp³-hybridized carbons (Fsp3) is 0.583. The number of nitrogens with one attached hydrogen (secondary N) is 1. The van der Waals surface area contributed by atoms with E-state index < -0.39 is 0 Å². The summed E-state index contributed by atoms with van der Waals surface area (Å²) in [5, 5.41) is 8.98. The molecule has 0 aromatic heterocycles. The largest absolute Gasteiger partial charge is 0.353 e. The van der Waals surface area contributed by atoms with Gasteiger partial charge < -0.3 is 10.2 Å². The van der Waals surface area contributed by atoms with Crippen LogP contribution in [-0.4, -0.2) is 47.5 Å². The zero-order valence-electron chi connectivity index (χ0n) is 18.3. The monoisotopic (exact) mass is 424 g/mol. The van der Waals surface area contributed by atoms with Gasteiger partial charge in [-0.3, -0.25) is 14.4 Å². The molecular formula is C24H32N4O3. The third kappa shape index (κ3) is 5.14. The maximum absolute atomic E-state index is 13.2. The van der Waals surface area contributed by atoms with Crippen LogP contribution in [-0.2, 0) is 14.4 Å². The number of amides is 3. The predicted molar refractivity (Wildman–Crippen MR) is 120 cm³/mol. The van der Waals surface area contributed by atoms with Gasteiger partial charge in [0.15, 0.2) is 0 Å². The van der Waals surface area contributed by atoms with E-state index in [0.717, 1.165) is 31.2 Å². The molecule has 1 atom stereocenters. The molecule has 2 aliphatic heterocycles. The van der Waals surface area contributed by atoms with E-state index in [2.05, 4.69) is 10.4 Å². The van der Waals surface area contributed by atoms with Crippen molar-refractivity contribution in [3.63, 3.8) is 0 Å². The lowest BCUT2D eigenvalue weighted by Crippen LogP contribution is -2.50. The molecule has 0 radical (unpaired) electrons. The van der Waals surface area contributed by atoms with E-state index in [1.165, 1.54) is 24.3 Å². The summed E-state index contributed by atoms with van der Waals surface area (Å²) in [6, 6.07) is 7.84. The number of carbonyl (C=O) groups excluding carboxylic acids is 3. The van der Waals surface area contributed by atoms with Gasteiger partial charge in [-0.2, -0.15) is 5.10 Å². The smallest absolute Gasteiger partial charge is 0.270 e. The van der Waals surface area contributed by atoms with Crippen molar-refractivity contribution in [3.05, 3.63) is 29.8 Å². The van der Waals surface area contributed by atoms with Crippen LogP contribution < -0.4 is 10.3 Å². The zero-order valence-corrected chi connectivity index (χ0v) is 18.3. The predicted octanol–water partition coefficient (Wildman–Crippen LogP) is 3.17. The summed E-state index contributed by atoms with van der Waals surface area (Å²) in [7, 11) is 0. The van der Waals surface area contributed by atoms with Crippen molar-refractivity contribution in [1.29, 1.82) is 0 Å². The lowest BCUT2D eigenvalue weighted by Gasteiger charge is -2.34. The Kier molecular flexibility index (Phi) is 6.68. The normalized spacial score (nSPS) is 22.8. The van der Waals surface area contributed by atoms with Gasteiger partial charge >= 0.3 is 0 Å². The molecule has 3 aliphatic rings. The minimum atomic E-state index is -0.168. The average molecular weight is 425 g/mol. The highest BCUT2D eigenvalue weighted by atomic mass is 16.2. The molecule has 2 fully saturated rings. The standard InChI is InChI=1S/C24H32N4O3/c1-17-7-5-11-20(15-17)28-22(29)13-12-21(26-28)24(31)27-14-6-8-18(16-27)23(30)25-19-9-3-2-4-10-19/h5,7,11,15,18-19H,2-4,6,8-10,12-14,16H2,1H3,(H,25,30). The molecule has 166 valence electrons. The quantitative estimate of drug-likeness (QED) is 0.806. The number of hydrogen-bond donors (Lipinski definition) is 1. The van der Waals surface area contributed by atoms with Crippen molar-refractivity contribution >= 4 is 29.1 Å². The number of hydrazone groups is 1. The number of nitrogens with zero attached hydrogens (tertiary/aromatic N) is 3. The van der Waals surface area contributed by atoms with Crippen LogP contribution in [0.2, 0.25) is 0 Å². The van der Waals surface area contributed by atoms with Crippen LogP contribution in [0, 0.1) is 12.8 Å².